The van der Waals surface area contributed by atoms with Gasteiger partial charge in [0.15, 0.2) is 0 Å². The molecule has 0 heterocycles. The van der Waals surface area contributed by atoms with Gasteiger partial charge in [0.1, 0.15) is 0 Å². The molecule has 0 radical (unpaired) electrons. The average Bonchev–Trinajstić information content (AvgIpc) is 2.78. The number of hydrogen-bond donors (Lipinski definition) is 2. The van der Waals surface area contributed by atoms with E-state index in [2.05, 4.69) is 29.7 Å². The zero-order valence-corrected chi connectivity index (χ0v) is 16.5. The topological polar surface area (TPSA) is 58.2 Å². The number of amides is 2. The third-order valence-corrected chi connectivity index (χ3v) is 4.91. The highest BCUT2D eigenvalue weighted by Gasteiger charge is 2.19. The number of carbonyl (C=O) groups is 2. The van der Waals surface area contributed by atoms with E-state index in [1.165, 1.54) is 5.56 Å². The van der Waals surface area contributed by atoms with Gasteiger partial charge in [-0.15, -0.1) is 0 Å². The van der Waals surface area contributed by atoms with Crippen molar-refractivity contribution in [1.29, 1.82) is 0 Å². The third kappa shape index (κ3) is 6.04. The Morgan fingerprint density at radius 1 is 0.759 bits per heavy atom. The Labute approximate surface area is 172 Å². The first-order valence-corrected chi connectivity index (χ1v) is 9.86. The summed E-state index contributed by atoms with van der Waals surface area (Å²) in [5, 5.41) is 6.00. The van der Waals surface area contributed by atoms with Gasteiger partial charge in [-0.05, 0) is 29.2 Å². The van der Waals surface area contributed by atoms with Crippen LogP contribution in [-0.2, 0) is 4.79 Å². The first kappa shape index (κ1) is 20.3. The largest absolute Gasteiger partial charge is 0.355 e. The standard InChI is InChI=1S/C25H26N2O2/c1-19(20-11-5-2-6-12-20)18-26-24(28)17-23(21-13-7-3-8-14-21)27-25(29)22-15-9-4-10-16-22/h2-16,19,23H,17-18H2,1H3,(H,26,28)(H,27,29)/t19-,23-/m0/s1. The Hall–Kier alpha value is -3.40. The fraction of sp³-hybridized carbons (Fsp3) is 0.200. The maximum absolute atomic E-state index is 12.6. The van der Waals surface area contributed by atoms with Gasteiger partial charge in [-0.1, -0.05) is 85.8 Å². The average molecular weight is 386 g/mol. The van der Waals surface area contributed by atoms with E-state index in [0.29, 0.717) is 12.1 Å². The van der Waals surface area contributed by atoms with Crippen LogP contribution in [0.5, 0.6) is 0 Å². The Bertz CT molecular complexity index is 911. The van der Waals surface area contributed by atoms with Crippen molar-refractivity contribution in [2.75, 3.05) is 6.54 Å². The van der Waals surface area contributed by atoms with Gasteiger partial charge in [0.2, 0.25) is 5.91 Å². The van der Waals surface area contributed by atoms with Gasteiger partial charge in [-0.25, -0.2) is 0 Å². The van der Waals surface area contributed by atoms with Crippen LogP contribution in [0, 0.1) is 0 Å². The van der Waals surface area contributed by atoms with Crippen LogP contribution in [0.1, 0.15) is 46.8 Å². The molecule has 0 bridgehead atoms. The van der Waals surface area contributed by atoms with Crippen LogP contribution in [0.25, 0.3) is 0 Å². The van der Waals surface area contributed by atoms with E-state index in [0.717, 1.165) is 5.56 Å². The minimum Gasteiger partial charge on any atom is -0.355 e. The van der Waals surface area contributed by atoms with Gasteiger partial charge in [0.25, 0.3) is 5.91 Å². The van der Waals surface area contributed by atoms with Gasteiger partial charge >= 0.3 is 0 Å². The van der Waals surface area contributed by atoms with Crippen molar-refractivity contribution in [2.45, 2.75) is 25.3 Å². The van der Waals surface area contributed by atoms with E-state index in [1.807, 2.05) is 66.7 Å². The summed E-state index contributed by atoms with van der Waals surface area (Å²) in [4.78, 5) is 25.2. The van der Waals surface area contributed by atoms with Crippen molar-refractivity contribution in [3.8, 4) is 0 Å². The Morgan fingerprint density at radius 2 is 1.28 bits per heavy atom. The van der Waals surface area contributed by atoms with Gasteiger partial charge in [0.05, 0.1) is 12.5 Å². The van der Waals surface area contributed by atoms with Crippen LogP contribution >= 0.6 is 0 Å². The molecule has 0 aliphatic heterocycles. The summed E-state index contributed by atoms with van der Waals surface area (Å²) in [7, 11) is 0. The zero-order chi connectivity index (χ0) is 20.5. The Morgan fingerprint density at radius 3 is 1.86 bits per heavy atom. The molecule has 0 spiro atoms. The summed E-state index contributed by atoms with van der Waals surface area (Å²) in [5.74, 6) is -0.0610. The van der Waals surface area contributed by atoms with E-state index in [-0.39, 0.29) is 24.2 Å². The molecule has 2 amide bonds. The molecule has 4 heteroatoms. The molecular weight excluding hydrogens is 360 g/mol. The normalized spacial score (nSPS) is 12.6. The third-order valence-electron chi connectivity index (χ3n) is 4.91. The molecule has 2 N–H and O–H groups in total. The van der Waals surface area contributed by atoms with E-state index < -0.39 is 6.04 Å². The quantitative estimate of drug-likeness (QED) is 0.600. The molecule has 3 aromatic carbocycles. The van der Waals surface area contributed by atoms with Crippen molar-refractivity contribution in [3.63, 3.8) is 0 Å². The van der Waals surface area contributed by atoms with Crippen LogP contribution in [0.3, 0.4) is 0 Å². The molecule has 29 heavy (non-hydrogen) atoms. The van der Waals surface area contributed by atoms with Crippen LogP contribution in [-0.4, -0.2) is 18.4 Å². The molecule has 0 aliphatic carbocycles. The van der Waals surface area contributed by atoms with Gasteiger partial charge in [-0.2, -0.15) is 0 Å². The number of carbonyl (C=O) groups excluding carboxylic acids is 2. The van der Waals surface area contributed by atoms with Crippen LogP contribution < -0.4 is 10.6 Å². The summed E-state index contributed by atoms with van der Waals surface area (Å²) in [6.45, 7) is 2.64. The number of nitrogens with one attached hydrogen (secondary N) is 2. The molecule has 0 saturated heterocycles. The van der Waals surface area contributed by atoms with E-state index in [9.17, 15) is 9.59 Å². The fourth-order valence-electron chi connectivity index (χ4n) is 3.19. The molecule has 148 valence electrons. The minimum absolute atomic E-state index is 0.0880. The lowest BCUT2D eigenvalue weighted by Crippen LogP contribution is -2.35. The summed E-state index contributed by atoms with van der Waals surface area (Å²) in [5.41, 5.74) is 2.67. The van der Waals surface area contributed by atoms with Crippen molar-refractivity contribution in [2.24, 2.45) is 0 Å². The van der Waals surface area contributed by atoms with Crippen molar-refractivity contribution >= 4 is 11.8 Å². The number of benzene rings is 3. The predicted octanol–water partition coefficient (Wildman–Crippen LogP) is 4.47. The molecule has 0 aromatic heterocycles. The maximum Gasteiger partial charge on any atom is 0.251 e. The number of hydrogen-bond acceptors (Lipinski definition) is 2. The van der Waals surface area contributed by atoms with E-state index in [1.54, 1.807) is 12.1 Å². The number of rotatable bonds is 8. The molecule has 2 atom stereocenters. The van der Waals surface area contributed by atoms with Crippen molar-refractivity contribution in [1.82, 2.24) is 10.6 Å². The second-order valence-corrected chi connectivity index (χ2v) is 7.12. The molecule has 0 saturated carbocycles. The zero-order valence-electron chi connectivity index (χ0n) is 16.5. The lowest BCUT2D eigenvalue weighted by Gasteiger charge is -2.20. The first-order chi connectivity index (χ1) is 14.1. The SMILES string of the molecule is C[C@@H](CNC(=O)C[C@H](NC(=O)c1ccccc1)c1ccccc1)c1ccccc1. The smallest absolute Gasteiger partial charge is 0.251 e. The monoisotopic (exact) mass is 386 g/mol. The molecule has 3 aromatic rings. The fourth-order valence-corrected chi connectivity index (χ4v) is 3.19. The molecular formula is C25H26N2O2. The molecule has 3 rings (SSSR count). The summed E-state index contributed by atoms with van der Waals surface area (Å²) in [6.07, 6.45) is 0.185. The van der Waals surface area contributed by atoms with Gasteiger partial charge in [0, 0.05) is 12.1 Å². The summed E-state index contributed by atoms with van der Waals surface area (Å²) >= 11 is 0. The summed E-state index contributed by atoms with van der Waals surface area (Å²) < 4.78 is 0. The lowest BCUT2D eigenvalue weighted by atomic mass is 10.0. The molecule has 0 fully saturated rings. The van der Waals surface area contributed by atoms with Crippen LogP contribution in [0.15, 0.2) is 91.0 Å². The first-order valence-electron chi connectivity index (χ1n) is 9.86. The molecule has 4 nitrogen and oxygen atoms in total. The summed E-state index contributed by atoms with van der Waals surface area (Å²) in [6, 6.07) is 28.3. The van der Waals surface area contributed by atoms with Crippen molar-refractivity contribution in [3.05, 3.63) is 108 Å². The van der Waals surface area contributed by atoms with E-state index >= 15 is 0 Å². The highest BCUT2D eigenvalue weighted by Crippen LogP contribution is 2.18. The predicted molar refractivity (Wildman–Crippen MR) is 116 cm³/mol. The highest BCUT2D eigenvalue weighted by atomic mass is 16.2. The van der Waals surface area contributed by atoms with Gasteiger partial charge < -0.3 is 10.6 Å². The van der Waals surface area contributed by atoms with Crippen LogP contribution in [0.2, 0.25) is 0 Å². The second-order valence-electron chi connectivity index (χ2n) is 7.12. The molecule has 0 unspecified atom stereocenters. The second kappa shape index (κ2) is 10.2. The molecule has 0 aliphatic rings. The Balaban J connectivity index is 1.63. The van der Waals surface area contributed by atoms with Gasteiger partial charge in [-0.3, -0.25) is 9.59 Å². The van der Waals surface area contributed by atoms with Crippen LogP contribution in [0.4, 0.5) is 0 Å². The Kier molecular flexibility index (Phi) is 7.17. The lowest BCUT2D eigenvalue weighted by molar-refractivity contribution is -0.121. The van der Waals surface area contributed by atoms with E-state index in [4.69, 9.17) is 0 Å². The minimum atomic E-state index is -0.393. The highest BCUT2D eigenvalue weighted by molar-refractivity contribution is 5.94. The van der Waals surface area contributed by atoms with Crippen molar-refractivity contribution < 1.29 is 9.59 Å². The maximum atomic E-state index is 12.6.